The summed E-state index contributed by atoms with van der Waals surface area (Å²) in [6, 6.07) is 34.0. The number of hydrogen-bond acceptors (Lipinski definition) is 3. The Hall–Kier alpha value is -5.29. The van der Waals surface area contributed by atoms with Crippen molar-refractivity contribution in [3.05, 3.63) is 152 Å². The van der Waals surface area contributed by atoms with E-state index in [1.54, 1.807) is 28.8 Å². The van der Waals surface area contributed by atoms with Crippen LogP contribution in [0.15, 0.2) is 119 Å². The second-order valence-corrected chi connectivity index (χ2v) is 10.7. The van der Waals surface area contributed by atoms with Crippen molar-refractivity contribution in [1.29, 1.82) is 0 Å². The molecule has 0 amide bonds. The van der Waals surface area contributed by atoms with E-state index in [9.17, 15) is 14.4 Å². The predicted molar refractivity (Wildman–Crippen MR) is 166 cm³/mol. The van der Waals surface area contributed by atoms with E-state index in [4.69, 9.17) is 0 Å². The molecule has 41 heavy (non-hydrogen) atoms. The molecule has 2 aromatic heterocycles. The first kappa shape index (κ1) is 24.7. The summed E-state index contributed by atoms with van der Waals surface area (Å²) in [4.78, 5) is 42.1. The summed E-state index contributed by atoms with van der Waals surface area (Å²) < 4.78 is 3.69. The van der Waals surface area contributed by atoms with E-state index < -0.39 is 0 Å². The number of aryl methyl sites for hydroxylation is 2. The molecule has 0 aliphatic rings. The zero-order valence-electron chi connectivity index (χ0n) is 22.7. The molecule has 0 atom stereocenters. The van der Waals surface area contributed by atoms with E-state index in [1.165, 1.54) is 0 Å². The quantitative estimate of drug-likeness (QED) is 0.230. The SMILES string of the molecule is Cc1ccc2c(c1)c(=O)c1cc3c(cc1n2Cc1ccccc1)c(=O)c1cc(C)ccc1n3C(=O)c1ccccc1. The summed E-state index contributed by atoms with van der Waals surface area (Å²) in [5.41, 5.74) is 5.58. The lowest BCUT2D eigenvalue weighted by Gasteiger charge is -2.19. The Morgan fingerprint density at radius 1 is 0.561 bits per heavy atom. The number of carbonyl (C=O) groups excluding carboxylic acids is 1. The van der Waals surface area contributed by atoms with E-state index in [0.29, 0.717) is 50.2 Å². The molecule has 0 aliphatic carbocycles. The maximum Gasteiger partial charge on any atom is 0.262 e. The van der Waals surface area contributed by atoms with E-state index in [0.717, 1.165) is 22.2 Å². The van der Waals surface area contributed by atoms with Crippen LogP contribution in [0.2, 0.25) is 0 Å². The molecular weight excluding hydrogens is 508 g/mol. The predicted octanol–water partition coefficient (Wildman–Crippen LogP) is 6.98. The lowest BCUT2D eigenvalue weighted by atomic mass is 10.0. The van der Waals surface area contributed by atoms with Crippen LogP contribution in [0.3, 0.4) is 0 Å². The summed E-state index contributed by atoms with van der Waals surface area (Å²) in [7, 11) is 0. The number of nitrogens with zero attached hydrogens (tertiary/aromatic N) is 2. The van der Waals surface area contributed by atoms with Gasteiger partial charge in [-0.3, -0.25) is 19.0 Å². The lowest BCUT2D eigenvalue weighted by Crippen LogP contribution is -2.20. The largest absolute Gasteiger partial charge is 0.336 e. The molecule has 0 fully saturated rings. The Morgan fingerprint density at radius 2 is 1.07 bits per heavy atom. The van der Waals surface area contributed by atoms with E-state index in [-0.39, 0.29) is 16.8 Å². The fourth-order valence-electron chi connectivity index (χ4n) is 5.86. The van der Waals surface area contributed by atoms with Crippen LogP contribution < -0.4 is 10.9 Å². The molecule has 0 unspecified atom stereocenters. The highest BCUT2D eigenvalue weighted by Gasteiger charge is 2.21. The van der Waals surface area contributed by atoms with Gasteiger partial charge in [-0.2, -0.15) is 0 Å². The van der Waals surface area contributed by atoms with Crippen molar-refractivity contribution >= 4 is 49.5 Å². The lowest BCUT2D eigenvalue weighted by molar-refractivity contribution is 0.0969. The Morgan fingerprint density at radius 3 is 1.73 bits per heavy atom. The monoisotopic (exact) mass is 534 g/mol. The normalized spacial score (nSPS) is 11.6. The van der Waals surface area contributed by atoms with Gasteiger partial charge in [0.2, 0.25) is 0 Å². The summed E-state index contributed by atoms with van der Waals surface area (Å²) >= 11 is 0. The molecule has 5 nitrogen and oxygen atoms in total. The number of hydrogen-bond donors (Lipinski definition) is 0. The van der Waals surface area contributed by atoms with Gasteiger partial charge in [0.05, 0.1) is 22.1 Å². The summed E-state index contributed by atoms with van der Waals surface area (Å²) in [6.45, 7) is 4.42. The highest BCUT2D eigenvalue weighted by Crippen LogP contribution is 2.28. The summed E-state index contributed by atoms with van der Waals surface area (Å²) in [5, 5.41) is 1.93. The number of benzene rings is 5. The topological polar surface area (TPSA) is 61.1 Å². The minimum Gasteiger partial charge on any atom is -0.336 e. The van der Waals surface area contributed by atoms with Crippen molar-refractivity contribution in [3.63, 3.8) is 0 Å². The number of rotatable bonds is 3. The van der Waals surface area contributed by atoms with Crippen molar-refractivity contribution in [1.82, 2.24) is 9.13 Å². The average Bonchev–Trinajstić information content (AvgIpc) is 3.00. The Labute approximate surface area is 235 Å². The molecule has 5 aromatic carbocycles. The van der Waals surface area contributed by atoms with Crippen LogP contribution in [0, 0.1) is 13.8 Å². The van der Waals surface area contributed by atoms with Crippen molar-refractivity contribution in [3.8, 4) is 0 Å². The van der Waals surface area contributed by atoms with Crippen molar-refractivity contribution in [2.45, 2.75) is 20.4 Å². The second-order valence-electron chi connectivity index (χ2n) is 10.7. The Bertz CT molecular complexity index is 2300. The Balaban J connectivity index is 1.67. The fourth-order valence-corrected chi connectivity index (χ4v) is 5.86. The molecule has 0 bridgehead atoms. The highest BCUT2D eigenvalue weighted by atomic mass is 16.2. The third kappa shape index (κ3) is 3.97. The maximum atomic E-state index is 14.0. The number of pyridine rings is 2. The van der Waals surface area contributed by atoms with Crippen molar-refractivity contribution in [2.24, 2.45) is 0 Å². The summed E-state index contributed by atoms with van der Waals surface area (Å²) in [5.74, 6) is -0.259. The zero-order valence-corrected chi connectivity index (χ0v) is 22.7. The van der Waals surface area contributed by atoms with Gasteiger partial charge in [-0.05, 0) is 67.9 Å². The molecule has 0 spiro atoms. The maximum absolute atomic E-state index is 14.0. The molecule has 0 aliphatic heterocycles. The number of carbonyl (C=O) groups is 1. The molecule has 7 aromatic rings. The van der Waals surface area contributed by atoms with Crippen LogP contribution in [0.25, 0.3) is 43.6 Å². The van der Waals surface area contributed by atoms with Gasteiger partial charge in [-0.15, -0.1) is 0 Å². The van der Waals surface area contributed by atoms with Crippen LogP contribution in [0.4, 0.5) is 0 Å². The van der Waals surface area contributed by atoms with Crippen molar-refractivity contribution in [2.75, 3.05) is 0 Å². The molecule has 2 heterocycles. The highest BCUT2D eigenvalue weighted by molar-refractivity contribution is 6.11. The second kappa shape index (κ2) is 9.42. The van der Waals surface area contributed by atoms with E-state index in [2.05, 4.69) is 4.57 Å². The van der Waals surface area contributed by atoms with Crippen LogP contribution in [-0.4, -0.2) is 15.0 Å². The first-order valence-corrected chi connectivity index (χ1v) is 13.6. The van der Waals surface area contributed by atoms with Gasteiger partial charge in [0.15, 0.2) is 10.9 Å². The van der Waals surface area contributed by atoms with Crippen LogP contribution >= 0.6 is 0 Å². The molecular formula is C36H26N2O3. The molecule has 0 N–H and O–H groups in total. The minimum atomic E-state index is -0.259. The molecule has 5 heteroatoms. The standard InChI is InChI=1S/C36H26N2O3/c1-22-13-15-30-26(17-22)34(39)28-20-33-29(19-32(28)37(30)21-24-9-5-3-6-10-24)35(40)27-18-23(2)14-16-31(27)38(33)36(41)25-11-7-4-8-12-25/h3-20H,21H2,1-2H3. The molecule has 0 saturated heterocycles. The van der Waals surface area contributed by atoms with Crippen LogP contribution in [0.1, 0.15) is 27.0 Å². The molecule has 7 rings (SSSR count). The van der Waals surface area contributed by atoms with Crippen LogP contribution in [0.5, 0.6) is 0 Å². The number of aromatic nitrogens is 2. The third-order valence-electron chi connectivity index (χ3n) is 7.87. The van der Waals surface area contributed by atoms with Crippen molar-refractivity contribution < 1.29 is 4.79 Å². The number of fused-ring (bicyclic) bond motifs is 4. The van der Waals surface area contributed by atoms with Gasteiger partial charge in [-0.25, -0.2) is 0 Å². The Kier molecular flexibility index (Phi) is 5.68. The molecule has 198 valence electrons. The van der Waals surface area contributed by atoms with Gasteiger partial charge >= 0.3 is 0 Å². The van der Waals surface area contributed by atoms with E-state index in [1.807, 2.05) is 98.8 Å². The first-order chi connectivity index (χ1) is 19.9. The third-order valence-corrected chi connectivity index (χ3v) is 7.87. The van der Waals surface area contributed by atoms with Gasteiger partial charge < -0.3 is 4.57 Å². The fraction of sp³-hybridized carbons (Fsp3) is 0.0833. The minimum absolute atomic E-state index is 0.125. The van der Waals surface area contributed by atoms with Gasteiger partial charge in [-0.1, -0.05) is 71.8 Å². The first-order valence-electron chi connectivity index (χ1n) is 13.6. The van der Waals surface area contributed by atoms with Gasteiger partial charge in [0.25, 0.3) is 5.91 Å². The smallest absolute Gasteiger partial charge is 0.262 e. The van der Waals surface area contributed by atoms with E-state index >= 15 is 0 Å². The average molecular weight is 535 g/mol. The zero-order chi connectivity index (χ0) is 28.2. The molecule has 0 radical (unpaired) electrons. The van der Waals surface area contributed by atoms with Gasteiger partial charge in [0.1, 0.15) is 0 Å². The molecule has 0 saturated carbocycles. The summed E-state index contributed by atoms with van der Waals surface area (Å²) in [6.07, 6.45) is 0. The van der Waals surface area contributed by atoms with Gasteiger partial charge in [0, 0.05) is 33.7 Å². The van der Waals surface area contributed by atoms with Crippen LogP contribution in [-0.2, 0) is 6.54 Å².